The lowest BCUT2D eigenvalue weighted by molar-refractivity contribution is -0.151. The number of nitrogens with zero attached hydrogens (tertiary/aromatic N) is 1. The third kappa shape index (κ3) is 4.84. The maximum atomic E-state index is 12.0. The summed E-state index contributed by atoms with van der Waals surface area (Å²) in [6.45, 7) is -0.450. The number of benzene rings is 1. The summed E-state index contributed by atoms with van der Waals surface area (Å²) < 4.78 is 27.9. The van der Waals surface area contributed by atoms with Crippen LogP contribution in [0.4, 0.5) is 0 Å². The Labute approximate surface area is 150 Å². The molecule has 24 heavy (non-hydrogen) atoms. The van der Waals surface area contributed by atoms with Gasteiger partial charge in [0, 0.05) is 28.7 Å². The SMILES string of the molecule is CN(C(=O)COC(=O)Cc1c(Cl)cccc1Cl)[C@@H]1CCS(=O)(=O)C1. The Balaban J connectivity index is 1.86. The first-order valence-corrected chi connectivity index (χ1v) is 9.82. The first kappa shape index (κ1) is 19.0. The maximum absolute atomic E-state index is 12.0. The van der Waals surface area contributed by atoms with Gasteiger partial charge >= 0.3 is 5.97 Å². The summed E-state index contributed by atoms with van der Waals surface area (Å²) in [4.78, 5) is 25.2. The fourth-order valence-electron chi connectivity index (χ4n) is 2.43. The van der Waals surface area contributed by atoms with Crippen LogP contribution in [0.3, 0.4) is 0 Å². The zero-order valence-electron chi connectivity index (χ0n) is 13.0. The second kappa shape index (κ2) is 7.72. The molecular formula is C15H17Cl2NO5S. The first-order valence-electron chi connectivity index (χ1n) is 7.24. The second-order valence-corrected chi connectivity index (χ2v) is 8.64. The predicted molar refractivity (Wildman–Crippen MR) is 91.0 cm³/mol. The summed E-state index contributed by atoms with van der Waals surface area (Å²) in [7, 11) is -1.58. The molecule has 0 N–H and O–H groups in total. The zero-order valence-corrected chi connectivity index (χ0v) is 15.3. The van der Waals surface area contributed by atoms with E-state index in [1.54, 1.807) is 18.2 Å². The number of likely N-dealkylation sites (N-methyl/N-ethyl adjacent to an activating group) is 1. The van der Waals surface area contributed by atoms with Crippen molar-refractivity contribution in [2.75, 3.05) is 25.2 Å². The van der Waals surface area contributed by atoms with Gasteiger partial charge in [-0.05, 0) is 18.6 Å². The molecule has 1 aromatic rings. The van der Waals surface area contributed by atoms with E-state index < -0.39 is 28.3 Å². The normalized spacial score (nSPS) is 19.0. The molecule has 132 valence electrons. The minimum atomic E-state index is -3.09. The van der Waals surface area contributed by atoms with Crippen LogP contribution in [0.1, 0.15) is 12.0 Å². The average molecular weight is 394 g/mol. The number of rotatable bonds is 5. The van der Waals surface area contributed by atoms with E-state index in [4.69, 9.17) is 27.9 Å². The molecule has 0 unspecified atom stereocenters. The van der Waals surface area contributed by atoms with E-state index in [-0.39, 0.29) is 24.0 Å². The van der Waals surface area contributed by atoms with Gasteiger partial charge in [-0.15, -0.1) is 0 Å². The van der Waals surface area contributed by atoms with Gasteiger partial charge in [-0.3, -0.25) is 9.59 Å². The Kier molecular flexibility index (Phi) is 6.11. The largest absolute Gasteiger partial charge is 0.455 e. The number of hydrogen-bond donors (Lipinski definition) is 0. The van der Waals surface area contributed by atoms with E-state index in [0.29, 0.717) is 22.0 Å². The van der Waals surface area contributed by atoms with Crippen molar-refractivity contribution in [3.8, 4) is 0 Å². The van der Waals surface area contributed by atoms with Crippen LogP contribution in [-0.4, -0.2) is 56.4 Å². The minimum absolute atomic E-state index is 0.0571. The van der Waals surface area contributed by atoms with Gasteiger partial charge in [0.15, 0.2) is 16.4 Å². The van der Waals surface area contributed by atoms with Crippen LogP contribution in [0.15, 0.2) is 18.2 Å². The molecule has 1 atom stereocenters. The van der Waals surface area contributed by atoms with Gasteiger partial charge in [-0.1, -0.05) is 29.3 Å². The van der Waals surface area contributed by atoms with Gasteiger partial charge < -0.3 is 9.64 Å². The van der Waals surface area contributed by atoms with Crippen LogP contribution >= 0.6 is 23.2 Å². The molecule has 1 fully saturated rings. The Bertz CT molecular complexity index is 730. The number of halogens is 2. The zero-order chi connectivity index (χ0) is 17.9. The molecule has 2 rings (SSSR count). The molecule has 0 aliphatic carbocycles. The fourth-order valence-corrected chi connectivity index (χ4v) is 4.73. The summed E-state index contributed by atoms with van der Waals surface area (Å²) >= 11 is 12.0. The predicted octanol–water partition coefficient (Wildman–Crippen LogP) is 1.72. The molecule has 1 aliphatic rings. The monoisotopic (exact) mass is 393 g/mol. The van der Waals surface area contributed by atoms with Crippen molar-refractivity contribution in [1.82, 2.24) is 4.90 Å². The summed E-state index contributed by atoms with van der Waals surface area (Å²) in [6.07, 6.45) is 0.251. The third-order valence-corrected chi connectivity index (χ3v) is 6.35. The van der Waals surface area contributed by atoms with E-state index in [0.717, 1.165) is 0 Å². The second-order valence-electron chi connectivity index (χ2n) is 5.60. The van der Waals surface area contributed by atoms with Crippen molar-refractivity contribution in [3.63, 3.8) is 0 Å². The molecule has 0 radical (unpaired) electrons. The minimum Gasteiger partial charge on any atom is -0.455 e. The van der Waals surface area contributed by atoms with Crippen LogP contribution in [0.2, 0.25) is 10.0 Å². The lowest BCUT2D eigenvalue weighted by atomic mass is 10.1. The molecule has 0 bridgehead atoms. The highest BCUT2D eigenvalue weighted by molar-refractivity contribution is 7.91. The van der Waals surface area contributed by atoms with Gasteiger partial charge in [0.1, 0.15) is 0 Å². The molecule has 0 saturated carbocycles. The van der Waals surface area contributed by atoms with Crippen molar-refractivity contribution >= 4 is 44.9 Å². The molecule has 1 heterocycles. The van der Waals surface area contributed by atoms with E-state index in [1.165, 1.54) is 11.9 Å². The topological polar surface area (TPSA) is 80.8 Å². The fraction of sp³-hybridized carbons (Fsp3) is 0.467. The summed E-state index contributed by atoms with van der Waals surface area (Å²) in [6, 6.07) is 4.50. The summed E-state index contributed by atoms with van der Waals surface area (Å²) in [5.74, 6) is -1.07. The number of carbonyl (C=O) groups is 2. The van der Waals surface area contributed by atoms with Crippen LogP contribution in [0.5, 0.6) is 0 Å². The number of esters is 1. The Hall–Kier alpha value is -1.31. The quantitative estimate of drug-likeness (QED) is 0.711. The Morgan fingerprint density at radius 3 is 2.46 bits per heavy atom. The van der Waals surface area contributed by atoms with Crippen molar-refractivity contribution in [2.45, 2.75) is 18.9 Å². The van der Waals surface area contributed by atoms with E-state index in [9.17, 15) is 18.0 Å². The average Bonchev–Trinajstić information content (AvgIpc) is 2.88. The number of ether oxygens (including phenoxy) is 1. The molecule has 6 nitrogen and oxygen atoms in total. The number of amides is 1. The van der Waals surface area contributed by atoms with Crippen molar-refractivity contribution in [2.24, 2.45) is 0 Å². The van der Waals surface area contributed by atoms with Gasteiger partial charge in [0.2, 0.25) is 0 Å². The van der Waals surface area contributed by atoms with Crippen LogP contribution in [-0.2, 0) is 30.6 Å². The standard InChI is InChI=1S/C15H17Cl2NO5S/c1-18(10-5-6-24(21,22)9-10)14(19)8-23-15(20)7-11-12(16)3-2-4-13(11)17/h2-4,10H,5-9H2,1H3/t10-/m1/s1. The Morgan fingerprint density at radius 1 is 1.29 bits per heavy atom. The third-order valence-electron chi connectivity index (χ3n) is 3.89. The highest BCUT2D eigenvalue weighted by Gasteiger charge is 2.32. The van der Waals surface area contributed by atoms with E-state index in [2.05, 4.69) is 0 Å². The number of carbonyl (C=O) groups excluding carboxylic acids is 2. The Morgan fingerprint density at radius 2 is 1.92 bits per heavy atom. The lowest BCUT2D eigenvalue weighted by Crippen LogP contribution is -2.40. The maximum Gasteiger partial charge on any atom is 0.310 e. The summed E-state index contributed by atoms with van der Waals surface area (Å²) in [5.41, 5.74) is 0.438. The van der Waals surface area contributed by atoms with Gasteiger partial charge in [0.25, 0.3) is 5.91 Å². The first-order chi connectivity index (χ1) is 11.2. The molecule has 9 heteroatoms. The molecular weight excluding hydrogens is 377 g/mol. The van der Waals surface area contributed by atoms with E-state index in [1.807, 2.05) is 0 Å². The van der Waals surface area contributed by atoms with Crippen molar-refractivity contribution < 1.29 is 22.7 Å². The lowest BCUT2D eigenvalue weighted by Gasteiger charge is -2.23. The van der Waals surface area contributed by atoms with Crippen LogP contribution in [0, 0.1) is 0 Å². The highest BCUT2D eigenvalue weighted by Crippen LogP contribution is 2.25. The van der Waals surface area contributed by atoms with Gasteiger partial charge in [-0.2, -0.15) is 0 Å². The van der Waals surface area contributed by atoms with Crippen LogP contribution < -0.4 is 0 Å². The smallest absolute Gasteiger partial charge is 0.310 e. The van der Waals surface area contributed by atoms with Gasteiger partial charge in [-0.25, -0.2) is 8.42 Å². The molecule has 1 amide bonds. The molecule has 1 saturated heterocycles. The highest BCUT2D eigenvalue weighted by atomic mass is 35.5. The molecule has 0 aromatic heterocycles. The molecule has 1 aliphatic heterocycles. The van der Waals surface area contributed by atoms with Crippen molar-refractivity contribution in [1.29, 1.82) is 0 Å². The number of hydrogen-bond acceptors (Lipinski definition) is 5. The van der Waals surface area contributed by atoms with Crippen molar-refractivity contribution in [3.05, 3.63) is 33.8 Å². The van der Waals surface area contributed by atoms with E-state index >= 15 is 0 Å². The molecule has 1 aromatic carbocycles. The van der Waals surface area contributed by atoms with Crippen LogP contribution in [0.25, 0.3) is 0 Å². The summed E-state index contributed by atoms with van der Waals surface area (Å²) in [5, 5.41) is 0.693. The number of sulfone groups is 1. The molecule has 0 spiro atoms. The van der Waals surface area contributed by atoms with Gasteiger partial charge in [0.05, 0.1) is 17.9 Å².